The second-order valence-corrected chi connectivity index (χ2v) is 8.69. The highest BCUT2D eigenvalue weighted by molar-refractivity contribution is 7.99. The molecule has 3 heterocycles. The molecule has 0 fully saturated rings. The van der Waals surface area contributed by atoms with Gasteiger partial charge in [0.2, 0.25) is 0 Å². The first kappa shape index (κ1) is 21.1. The molecule has 5 rings (SSSR count). The lowest BCUT2D eigenvalue weighted by Gasteiger charge is -2.14. The molecule has 0 radical (unpaired) electrons. The number of pyridine rings is 1. The van der Waals surface area contributed by atoms with Crippen molar-refractivity contribution in [1.29, 1.82) is 0 Å². The van der Waals surface area contributed by atoms with Crippen LogP contribution in [0.3, 0.4) is 0 Å². The molecule has 2 aromatic carbocycles. The van der Waals surface area contributed by atoms with Gasteiger partial charge in [-0.3, -0.25) is 24.0 Å². The van der Waals surface area contributed by atoms with Gasteiger partial charge in [0.1, 0.15) is 0 Å². The molecule has 33 heavy (non-hydrogen) atoms. The van der Waals surface area contributed by atoms with E-state index >= 15 is 0 Å². The van der Waals surface area contributed by atoms with Crippen molar-refractivity contribution in [2.75, 3.05) is 12.3 Å². The topological polar surface area (TPSA) is 81.0 Å². The first-order valence-corrected chi connectivity index (χ1v) is 11.7. The Morgan fingerprint density at radius 2 is 1.55 bits per heavy atom. The third kappa shape index (κ3) is 4.29. The molecular weight excluding hydrogens is 434 g/mol. The van der Waals surface area contributed by atoms with Crippen LogP contribution in [-0.2, 0) is 6.54 Å². The number of thioether (sulfide) groups is 1. The summed E-state index contributed by atoms with van der Waals surface area (Å²) in [6.07, 6.45) is 4.18. The van der Waals surface area contributed by atoms with E-state index in [1.54, 1.807) is 48.4 Å². The van der Waals surface area contributed by atoms with Crippen LogP contribution in [0.1, 0.15) is 32.7 Å². The van der Waals surface area contributed by atoms with Crippen LogP contribution in [0.5, 0.6) is 0 Å². The van der Waals surface area contributed by atoms with E-state index in [9.17, 15) is 9.59 Å². The standard InChI is InChI=1S/C25H21N5O2S/c31-23-20-11-4-5-12-21(20)24(32)29(23)14-7-15-33-25-28-27-22(19-10-6-13-26-16-19)30(25)17-18-8-2-1-3-9-18/h1-6,8-13,16H,7,14-15,17H2. The van der Waals surface area contributed by atoms with E-state index in [4.69, 9.17) is 0 Å². The number of hydrogen-bond donors (Lipinski definition) is 0. The van der Waals surface area contributed by atoms with Gasteiger partial charge in [-0.15, -0.1) is 10.2 Å². The molecule has 0 bridgehead atoms. The van der Waals surface area contributed by atoms with Crippen molar-refractivity contribution in [2.45, 2.75) is 18.1 Å². The molecule has 164 valence electrons. The maximum absolute atomic E-state index is 12.6. The SMILES string of the molecule is O=C1c2ccccc2C(=O)N1CCCSc1nnc(-c2cccnc2)n1Cc1ccccc1. The van der Waals surface area contributed by atoms with E-state index in [0.29, 0.717) is 36.4 Å². The van der Waals surface area contributed by atoms with Gasteiger partial charge in [0, 0.05) is 30.3 Å². The van der Waals surface area contributed by atoms with E-state index in [1.165, 1.54) is 4.90 Å². The van der Waals surface area contributed by atoms with E-state index in [-0.39, 0.29) is 11.8 Å². The number of aromatic nitrogens is 4. The quantitative estimate of drug-likeness (QED) is 0.225. The van der Waals surface area contributed by atoms with Crippen LogP contribution in [0.2, 0.25) is 0 Å². The van der Waals surface area contributed by atoms with Crippen molar-refractivity contribution in [3.8, 4) is 11.4 Å². The number of carbonyl (C=O) groups is 2. The Kier molecular flexibility index (Phi) is 5.99. The van der Waals surface area contributed by atoms with E-state index < -0.39 is 0 Å². The maximum atomic E-state index is 12.6. The molecule has 8 heteroatoms. The van der Waals surface area contributed by atoms with Crippen LogP contribution in [0, 0.1) is 0 Å². The van der Waals surface area contributed by atoms with Gasteiger partial charge < -0.3 is 0 Å². The summed E-state index contributed by atoms with van der Waals surface area (Å²) < 4.78 is 2.08. The monoisotopic (exact) mass is 455 g/mol. The summed E-state index contributed by atoms with van der Waals surface area (Å²) >= 11 is 1.57. The number of hydrogen-bond acceptors (Lipinski definition) is 6. The number of nitrogens with zero attached hydrogens (tertiary/aromatic N) is 5. The largest absolute Gasteiger partial charge is 0.298 e. The fourth-order valence-corrected chi connectivity index (χ4v) is 4.70. The van der Waals surface area contributed by atoms with Crippen molar-refractivity contribution in [1.82, 2.24) is 24.6 Å². The van der Waals surface area contributed by atoms with E-state index in [0.717, 1.165) is 22.1 Å². The lowest BCUT2D eigenvalue weighted by atomic mass is 10.1. The summed E-state index contributed by atoms with van der Waals surface area (Å²) in [5.41, 5.74) is 3.02. The van der Waals surface area contributed by atoms with Gasteiger partial charge in [-0.1, -0.05) is 54.2 Å². The Morgan fingerprint density at radius 3 is 2.24 bits per heavy atom. The molecule has 1 aliphatic rings. The average molecular weight is 456 g/mol. The number of carbonyl (C=O) groups excluding carboxylic acids is 2. The van der Waals surface area contributed by atoms with Crippen molar-refractivity contribution < 1.29 is 9.59 Å². The molecule has 2 amide bonds. The van der Waals surface area contributed by atoms with Crippen LogP contribution >= 0.6 is 11.8 Å². The third-order valence-electron chi connectivity index (χ3n) is 5.46. The van der Waals surface area contributed by atoms with Gasteiger partial charge in [-0.05, 0) is 36.2 Å². The maximum Gasteiger partial charge on any atom is 0.261 e. The molecule has 0 N–H and O–H groups in total. The highest BCUT2D eigenvalue weighted by atomic mass is 32.2. The van der Waals surface area contributed by atoms with Crippen LogP contribution in [-0.4, -0.2) is 48.8 Å². The van der Waals surface area contributed by atoms with E-state index in [1.807, 2.05) is 30.3 Å². The van der Waals surface area contributed by atoms with E-state index in [2.05, 4.69) is 31.9 Å². The van der Waals surface area contributed by atoms with Gasteiger partial charge >= 0.3 is 0 Å². The molecule has 7 nitrogen and oxygen atoms in total. The molecule has 0 saturated carbocycles. The van der Waals surface area contributed by atoms with Crippen LogP contribution in [0.15, 0.2) is 84.3 Å². The van der Waals surface area contributed by atoms with Gasteiger partial charge in [-0.25, -0.2) is 0 Å². The van der Waals surface area contributed by atoms with Crippen LogP contribution in [0.25, 0.3) is 11.4 Å². The molecule has 2 aromatic heterocycles. The molecule has 0 unspecified atom stereocenters. The lowest BCUT2D eigenvalue weighted by Crippen LogP contribution is -2.31. The summed E-state index contributed by atoms with van der Waals surface area (Å²) in [5, 5.41) is 9.64. The fraction of sp³-hybridized carbons (Fsp3) is 0.160. The van der Waals surface area contributed by atoms with Crippen molar-refractivity contribution in [2.24, 2.45) is 0 Å². The minimum atomic E-state index is -0.216. The summed E-state index contributed by atoms with van der Waals surface area (Å²) in [5.74, 6) is 1.03. The lowest BCUT2D eigenvalue weighted by molar-refractivity contribution is 0.0655. The molecule has 0 spiro atoms. The van der Waals surface area contributed by atoms with Crippen molar-refractivity contribution >= 4 is 23.6 Å². The number of amides is 2. The molecule has 4 aromatic rings. The van der Waals surface area contributed by atoms with Gasteiger partial charge in [0.05, 0.1) is 17.7 Å². The summed E-state index contributed by atoms with van der Waals surface area (Å²) in [4.78, 5) is 30.7. The van der Waals surface area contributed by atoms with Crippen LogP contribution < -0.4 is 0 Å². The van der Waals surface area contributed by atoms with Crippen molar-refractivity contribution in [3.05, 3.63) is 95.8 Å². The normalized spacial score (nSPS) is 12.9. The second kappa shape index (κ2) is 9.38. The zero-order valence-electron chi connectivity index (χ0n) is 17.8. The van der Waals surface area contributed by atoms with Gasteiger partial charge in [0.15, 0.2) is 11.0 Å². The fourth-order valence-electron chi connectivity index (χ4n) is 3.84. The first-order chi connectivity index (χ1) is 16.2. The Balaban J connectivity index is 1.28. The number of fused-ring (bicyclic) bond motifs is 1. The summed E-state index contributed by atoms with van der Waals surface area (Å²) in [6, 6.07) is 21.0. The average Bonchev–Trinajstić information content (AvgIpc) is 3.37. The summed E-state index contributed by atoms with van der Waals surface area (Å²) in [6.45, 7) is 1.01. The first-order valence-electron chi connectivity index (χ1n) is 10.7. The number of benzene rings is 2. The highest BCUT2D eigenvalue weighted by Gasteiger charge is 2.34. The Morgan fingerprint density at radius 1 is 0.818 bits per heavy atom. The summed E-state index contributed by atoms with van der Waals surface area (Å²) in [7, 11) is 0. The minimum absolute atomic E-state index is 0.216. The predicted molar refractivity (Wildman–Crippen MR) is 126 cm³/mol. The predicted octanol–water partition coefficient (Wildman–Crippen LogP) is 4.17. The Hall–Kier alpha value is -3.78. The van der Waals surface area contributed by atoms with Gasteiger partial charge in [-0.2, -0.15) is 0 Å². The second-order valence-electron chi connectivity index (χ2n) is 7.63. The third-order valence-corrected chi connectivity index (χ3v) is 6.51. The highest BCUT2D eigenvalue weighted by Crippen LogP contribution is 2.26. The Labute approximate surface area is 195 Å². The van der Waals surface area contributed by atoms with Crippen molar-refractivity contribution in [3.63, 3.8) is 0 Å². The molecular formula is C25H21N5O2S. The minimum Gasteiger partial charge on any atom is -0.298 e. The number of rotatable bonds is 8. The molecule has 0 atom stereocenters. The zero-order valence-corrected chi connectivity index (χ0v) is 18.6. The molecule has 1 aliphatic heterocycles. The number of imide groups is 1. The smallest absolute Gasteiger partial charge is 0.261 e. The zero-order chi connectivity index (χ0) is 22.6. The Bertz CT molecular complexity index is 1260. The molecule has 0 saturated heterocycles. The van der Waals surface area contributed by atoms with Crippen LogP contribution in [0.4, 0.5) is 0 Å². The van der Waals surface area contributed by atoms with Gasteiger partial charge in [0.25, 0.3) is 11.8 Å². The molecule has 0 aliphatic carbocycles.